The number of aromatic nitrogens is 4. The summed E-state index contributed by atoms with van der Waals surface area (Å²) >= 11 is 0. The van der Waals surface area contributed by atoms with E-state index in [0.717, 1.165) is 23.8 Å². The van der Waals surface area contributed by atoms with Gasteiger partial charge in [-0.2, -0.15) is 0 Å². The van der Waals surface area contributed by atoms with Gasteiger partial charge in [-0.05, 0) is 17.7 Å². The minimum absolute atomic E-state index is 0.285. The number of aromatic hydroxyl groups is 1. The predicted molar refractivity (Wildman–Crippen MR) is 75.4 cm³/mol. The predicted octanol–water partition coefficient (Wildman–Crippen LogP) is 1.96. The molecule has 1 aromatic carbocycles. The molecule has 0 unspecified atom stereocenters. The van der Waals surface area contributed by atoms with E-state index in [4.69, 9.17) is 0 Å². The zero-order valence-corrected chi connectivity index (χ0v) is 11.3. The number of rotatable bonds is 4. The number of hydrogen-bond acceptors (Lipinski definition) is 3. The third kappa shape index (κ3) is 2.56. The highest BCUT2D eigenvalue weighted by Gasteiger charge is 2.08. The van der Waals surface area contributed by atoms with Gasteiger partial charge >= 0.3 is 0 Å². The number of benzene rings is 1. The molecule has 0 bridgehead atoms. The molecule has 0 aliphatic rings. The summed E-state index contributed by atoms with van der Waals surface area (Å²) in [5, 5.41) is 9.31. The lowest BCUT2D eigenvalue weighted by Gasteiger charge is -2.08. The van der Waals surface area contributed by atoms with E-state index in [1.807, 2.05) is 36.1 Å². The Bertz CT molecular complexity index is 697. The van der Waals surface area contributed by atoms with Gasteiger partial charge in [0.25, 0.3) is 0 Å². The number of nitrogens with zero attached hydrogens (tertiary/aromatic N) is 4. The largest absolute Gasteiger partial charge is 0.508 e. The van der Waals surface area contributed by atoms with E-state index in [2.05, 4.69) is 14.5 Å². The molecule has 102 valence electrons. The van der Waals surface area contributed by atoms with E-state index < -0.39 is 0 Å². The Morgan fingerprint density at radius 2 is 1.70 bits per heavy atom. The molecule has 3 rings (SSSR count). The molecule has 0 amide bonds. The van der Waals surface area contributed by atoms with E-state index in [1.54, 1.807) is 24.5 Å². The van der Waals surface area contributed by atoms with Crippen LogP contribution in [0, 0.1) is 0 Å². The van der Waals surface area contributed by atoms with Gasteiger partial charge in [-0.25, -0.2) is 9.97 Å². The highest BCUT2D eigenvalue weighted by molar-refractivity contribution is 5.26. The van der Waals surface area contributed by atoms with E-state index in [1.165, 1.54) is 0 Å². The van der Waals surface area contributed by atoms with Crippen molar-refractivity contribution in [1.29, 1.82) is 0 Å². The third-order valence-corrected chi connectivity index (χ3v) is 3.33. The van der Waals surface area contributed by atoms with Crippen LogP contribution >= 0.6 is 0 Å². The fourth-order valence-electron chi connectivity index (χ4n) is 2.16. The smallest absolute Gasteiger partial charge is 0.116 e. The second kappa shape index (κ2) is 5.21. The van der Waals surface area contributed by atoms with Crippen LogP contribution in [-0.4, -0.2) is 24.2 Å². The van der Waals surface area contributed by atoms with Gasteiger partial charge in [0.15, 0.2) is 0 Å². The first-order chi connectivity index (χ1) is 9.72. The van der Waals surface area contributed by atoms with Crippen LogP contribution in [0.4, 0.5) is 0 Å². The zero-order chi connectivity index (χ0) is 13.9. The quantitative estimate of drug-likeness (QED) is 0.787. The summed E-state index contributed by atoms with van der Waals surface area (Å²) in [4.78, 5) is 8.73. The fourth-order valence-corrected chi connectivity index (χ4v) is 2.16. The molecule has 20 heavy (non-hydrogen) atoms. The van der Waals surface area contributed by atoms with Gasteiger partial charge in [0.05, 0.1) is 6.42 Å². The Hall–Kier alpha value is -2.56. The van der Waals surface area contributed by atoms with Crippen molar-refractivity contribution in [2.75, 3.05) is 0 Å². The van der Waals surface area contributed by atoms with Crippen LogP contribution in [0.15, 0.2) is 49.1 Å². The van der Waals surface area contributed by atoms with Crippen molar-refractivity contribution in [3.8, 4) is 5.75 Å². The Morgan fingerprint density at radius 3 is 2.40 bits per heavy atom. The Morgan fingerprint density at radius 1 is 1.00 bits per heavy atom. The molecular formula is C15H16N4O. The second-order valence-corrected chi connectivity index (χ2v) is 4.77. The van der Waals surface area contributed by atoms with Crippen molar-refractivity contribution in [3.05, 3.63) is 66.3 Å². The molecule has 0 atom stereocenters. The van der Waals surface area contributed by atoms with Crippen molar-refractivity contribution in [3.63, 3.8) is 0 Å². The van der Waals surface area contributed by atoms with Crippen LogP contribution in [0.2, 0.25) is 0 Å². The molecule has 2 aromatic heterocycles. The van der Waals surface area contributed by atoms with Crippen molar-refractivity contribution in [2.24, 2.45) is 7.05 Å². The summed E-state index contributed by atoms with van der Waals surface area (Å²) < 4.78 is 4.10. The summed E-state index contributed by atoms with van der Waals surface area (Å²) in [6.45, 7) is 0.736. The number of imidazole rings is 2. The molecule has 0 fully saturated rings. The van der Waals surface area contributed by atoms with Crippen molar-refractivity contribution in [1.82, 2.24) is 19.1 Å². The summed E-state index contributed by atoms with van der Waals surface area (Å²) in [6.07, 6.45) is 8.20. The molecule has 0 radical (unpaired) electrons. The first-order valence-corrected chi connectivity index (χ1v) is 6.46. The third-order valence-electron chi connectivity index (χ3n) is 3.33. The fraction of sp³-hybridized carbons (Fsp3) is 0.200. The number of phenolic OH excluding ortho intramolecular Hbond substituents is 1. The summed E-state index contributed by atoms with van der Waals surface area (Å²) in [7, 11) is 1.98. The molecule has 0 saturated carbocycles. The maximum Gasteiger partial charge on any atom is 0.116 e. The van der Waals surface area contributed by atoms with E-state index in [0.29, 0.717) is 6.42 Å². The lowest BCUT2D eigenvalue weighted by atomic mass is 10.2. The van der Waals surface area contributed by atoms with E-state index in [9.17, 15) is 5.11 Å². The summed E-state index contributed by atoms with van der Waals surface area (Å²) in [6, 6.07) is 7.23. The molecule has 5 heteroatoms. The Balaban J connectivity index is 1.80. The monoisotopic (exact) mass is 268 g/mol. The van der Waals surface area contributed by atoms with Gasteiger partial charge in [-0.1, -0.05) is 12.1 Å². The second-order valence-electron chi connectivity index (χ2n) is 4.77. The minimum atomic E-state index is 0.285. The van der Waals surface area contributed by atoms with Crippen molar-refractivity contribution >= 4 is 0 Å². The number of aryl methyl sites for hydroxylation is 1. The maximum absolute atomic E-state index is 9.31. The topological polar surface area (TPSA) is 55.9 Å². The molecule has 0 aliphatic carbocycles. The molecule has 0 aliphatic heterocycles. The van der Waals surface area contributed by atoms with Crippen LogP contribution in [0.1, 0.15) is 17.2 Å². The normalized spacial score (nSPS) is 10.8. The molecule has 3 aromatic rings. The zero-order valence-electron chi connectivity index (χ0n) is 11.3. The van der Waals surface area contributed by atoms with Gasteiger partial charge < -0.3 is 14.2 Å². The van der Waals surface area contributed by atoms with E-state index in [-0.39, 0.29) is 5.75 Å². The average Bonchev–Trinajstić information content (AvgIpc) is 3.04. The average molecular weight is 268 g/mol. The van der Waals surface area contributed by atoms with Crippen LogP contribution < -0.4 is 0 Å². The Labute approximate surface area is 117 Å². The molecule has 0 saturated heterocycles. The van der Waals surface area contributed by atoms with Crippen LogP contribution in [0.5, 0.6) is 5.75 Å². The van der Waals surface area contributed by atoms with Crippen LogP contribution in [-0.2, 0) is 20.0 Å². The highest BCUT2D eigenvalue weighted by atomic mass is 16.3. The van der Waals surface area contributed by atoms with Gasteiger partial charge in [0.2, 0.25) is 0 Å². The standard InChI is InChI=1S/C15H16N4O/c1-18-8-6-16-14(18)10-15-17-7-9-19(15)11-12-2-4-13(20)5-3-12/h2-9,20H,10-11H2,1H3. The van der Waals surface area contributed by atoms with Gasteiger partial charge in [-0.3, -0.25) is 0 Å². The van der Waals surface area contributed by atoms with Gasteiger partial charge in [-0.15, -0.1) is 0 Å². The number of phenols is 1. The Kier molecular flexibility index (Phi) is 3.25. The molecule has 2 heterocycles. The summed E-state index contributed by atoms with van der Waals surface area (Å²) in [5.74, 6) is 2.25. The number of hydrogen-bond donors (Lipinski definition) is 1. The highest BCUT2D eigenvalue weighted by Crippen LogP contribution is 2.13. The lowest BCUT2D eigenvalue weighted by molar-refractivity contribution is 0.475. The van der Waals surface area contributed by atoms with Crippen molar-refractivity contribution in [2.45, 2.75) is 13.0 Å². The summed E-state index contributed by atoms with van der Waals surface area (Å²) in [5.41, 5.74) is 1.13. The molecule has 1 N–H and O–H groups in total. The van der Waals surface area contributed by atoms with E-state index >= 15 is 0 Å². The minimum Gasteiger partial charge on any atom is -0.508 e. The first-order valence-electron chi connectivity index (χ1n) is 6.46. The first kappa shape index (κ1) is 12.5. The molecule has 0 spiro atoms. The SMILES string of the molecule is Cn1ccnc1Cc1nccn1Cc1ccc(O)cc1. The molecular weight excluding hydrogens is 252 g/mol. The van der Waals surface area contributed by atoms with Crippen molar-refractivity contribution < 1.29 is 5.11 Å². The maximum atomic E-state index is 9.31. The van der Waals surface area contributed by atoms with Gasteiger partial charge in [0, 0.05) is 38.4 Å². The van der Waals surface area contributed by atoms with Crippen LogP contribution in [0.25, 0.3) is 0 Å². The lowest BCUT2D eigenvalue weighted by Crippen LogP contribution is -2.07. The molecule has 5 nitrogen and oxygen atoms in total. The van der Waals surface area contributed by atoms with Crippen LogP contribution in [0.3, 0.4) is 0 Å². The van der Waals surface area contributed by atoms with Gasteiger partial charge in [0.1, 0.15) is 17.4 Å².